The van der Waals surface area contributed by atoms with Gasteiger partial charge in [-0.25, -0.2) is 15.0 Å². The van der Waals surface area contributed by atoms with Crippen molar-refractivity contribution in [3.05, 3.63) is 42.4 Å². The molecular weight excluding hydrogens is 405 g/mol. The van der Waals surface area contributed by atoms with E-state index in [0.29, 0.717) is 22.6 Å². The summed E-state index contributed by atoms with van der Waals surface area (Å²) in [4.78, 5) is 17.9. The van der Waals surface area contributed by atoms with Crippen LogP contribution in [0, 0.1) is 11.3 Å². The number of anilines is 1. The zero-order chi connectivity index (χ0) is 21.8. The van der Waals surface area contributed by atoms with E-state index in [1.165, 1.54) is 23.1 Å². The molecule has 0 amide bonds. The predicted octanol–water partition coefficient (Wildman–Crippen LogP) is 3.98. The number of nitrogens with zero attached hydrogens (tertiary/aromatic N) is 6. The molecule has 0 bridgehead atoms. The SMILES string of the molecule is CC1(C)CC1CN1CCN(c2ccnc(-c3cnc4ccc(C(F)(F)F)cn34)n2)CC1. The van der Waals surface area contributed by atoms with Gasteiger partial charge in [0.05, 0.1) is 11.8 Å². The van der Waals surface area contributed by atoms with Gasteiger partial charge >= 0.3 is 6.18 Å². The summed E-state index contributed by atoms with van der Waals surface area (Å²) in [5.41, 5.74) is 0.620. The molecular formula is C22H25F3N6. The maximum atomic E-state index is 13.1. The Bertz CT molecular complexity index is 1100. The first kappa shape index (κ1) is 20.2. The molecule has 2 aliphatic rings. The lowest BCUT2D eigenvalue weighted by Gasteiger charge is -2.35. The van der Waals surface area contributed by atoms with Crippen molar-refractivity contribution < 1.29 is 13.2 Å². The Balaban J connectivity index is 1.34. The fourth-order valence-corrected chi connectivity index (χ4v) is 4.32. The Morgan fingerprint density at radius 3 is 2.48 bits per heavy atom. The maximum absolute atomic E-state index is 13.1. The highest BCUT2D eigenvalue weighted by Crippen LogP contribution is 2.51. The van der Waals surface area contributed by atoms with Crippen molar-refractivity contribution in [2.24, 2.45) is 11.3 Å². The van der Waals surface area contributed by atoms with Gasteiger partial charge in [0.2, 0.25) is 0 Å². The third kappa shape index (κ3) is 3.98. The number of pyridine rings is 1. The fraction of sp³-hybridized carbons (Fsp3) is 0.500. The summed E-state index contributed by atoms with van der Waals surface area (Å²) in [7, 11) is 0. The van der Waals surface area contributed by atoms with E-state index in [9.17, 15) is 13.2 Å². The van der Waals surface area contributed by atoms with Crippen LogP contribution in [0.15, 0.2) is 36.8 Å². The van der Waals surface area contributed by atoms with Crippen LogP contribution in [-0.4, -0.2) is 57.0 Å². The molecule has 0 aromatic carbocycles. The van der Waals surface area contributed by atoms with E-state index in [1.807, 2.05) is 6.07 Å². The van der Waals surface area contributed by atoms with E-state index in [4.69, 9.17) is 0 Å². The van der Waals surface area contributed by atoms with Gasteiger partial charge in [0, 0.05) is 45.1 Å². The van der Waals surface area contributed by atoms with E-state index in [-0.39, 0.29) is 0 Å². The lowest BCUT2D eigenvalue weighted by atomic mass is 10.1. The summed E-state index contributed by atoms with van der Waals surface area (Å²) >= 11 is 0. The Morgan fingerprint density at radius 2 is 1.81 bits per heavy atom. The average Bonchev–Trinajstić information content (AvgIpc) is 3.14. The zero-order valence-electron chi connectivity index (χ0n) is 17.6. The molecule has 4 heterocycles. The third-order valence-corrected chi connectivity index (χ3v) is 6.60. The number of fused-ring (bicyclic) bond motifs is 1. The molecule has 0 radical (unpaired) electrons. The number of hydrogen-bond donors (Lipinski definition) is 0. The van der Waals surface area contributed by atoms with Crippen molar-refractivity contribution in [2.45, 2.75) is 26.4 Å². The van der Waals surface area contributed by atoms with Gasteiger partial charge in [-0.05, 0) is 36.0 Å². The lowest BCUT2D eigenvalue weighted by molar-refractivity contribution is -0.137. The number of aromatic nitrogens is 4. The van der Waals surface area contributed by atoms with Crippen LogP contribution in [0.4, 0.5) is 19.0 Å². The summed E-state index contributed by atoms with van der Waals surface area (Å²) in [6, 6.07) is 4.25. The van der Waals surface area contributed by atoms with Crippen molar-refractivity contribution in [1.29, 1.82) is 0 Å². The number of piperazine rings is 1. The van der Waals surface area contributed by atoms with E-state index in [0.717, 1.165) is 56.7 Å². The minimum absolute atomic E-state index is 0.367. The van der Waals surface area contributed by atoms with E-state index in [2.05, 4.69) is 38.6 Å². The van der Waals surface area contributed by atoms with E-state index >= 15 is 0 Å². The molecule has 1 saturated carbocycles. The first-order valence-corrected chi connectivity index (χ1v) is 10.6. The Labute approximate surface area is 178 Å². The van der Waals surface area contributed by atoms with Crippen molar-refractivity contribution in [3.8, 4) is 11.5 Å². The fourth-order valence-electron chi connectivity index (χ4n) is 4.32. The number of halogens is 3. The molecule has 1 unspecified atom stereocenters. The number of rotatable bonds is 4. The van der Waals surface area contributed by atoms with Crippen molar-refractivity contribution in [2.75, 3.05) is 37.6 Å². The van der Waals surface area contributed by atoms with Crippen molar-refractivity contribution in [1.82, 2.24) is 24.3 Å². The molecule has 164 valence electrons. The van der Waals surface area contributed by atoms with Gasteiger partial charge in [0.1, 0.15) is 17.2 Å². The van der Waals surface area contributed by atoms with Gasteiger partial charge in [-0.3, -0.25) is 9.30 Å². The van der Waals surface area contributed by atoms with Crippen LogP contribution in [0.2, 0.25) is 0 Å². The summed E-state index contributed by atoms with van der Waals surface area (Å²) in [6.07, 6.45) is 1.10. The van der Waals surface area contributed by atoms with Crippen LogP contribution < -0.4 is 4.90 Å². The van der Waals surface area contributed by atoms with Crippen molar-refractivity contribution in [3.63, 3.8) is 0 Å². The molecule has 0 N–H and O–H groups in total. The van der Waals surface area contributed by atoms with E-state index in [1.54, 1.807) is 6.20 Å². The molecule has 1 aliphatic carbocycles. The molecule has 2 fully saturated rings. The molecule has 31 heavy (non-hydrogen) atoms. The third-order valence-electron chi connectivity index (χ3n) is 6.60. The predicted molar refractivity (Wildman–Crippen MR) is 112 cm³/mol. The molecule has 1 aliphatic heterocycles. The molecule has 9 heteroatoms. The smallest absolute Gasteiger partial charge is 0.354 e. The van der Waals surface area contributed by atoms with Gasteiger partial charge in [-0.2, -0.15) is 13.2 Å². The van der Waals surface area contributed by atoms with Crippen LogP contribution in [0.25, 0.3) is 17.2 Å². The highest BCUT2D eigenvalue weighted by Gasteiger charge is 2.46. The molecule has 3 aromatic heterocycles. The quantitative estimate of drug-likeness (QED) is 0.627. The Morgan fingerprint density at radius 1 is 1.06 bits per heavy atom. The second kappa shape index (κ2) is 7.19. The summed E-state index contributed by atoms with van der Waals surface area (Å²) in [5, 5.41) is 0. The lowest BCUT2D eigenvalue weighted by Crippen LogP contribution is -2.47. The zero-order valence-corrected chi connectivity index (χ0v) is 17.6. The van der Waals surface area contributed by atoms with Gasteiger partial charge in [0.25, 0.3) is 0 Å². The molecule has 3 aromatic rings. The minimum Gasteiger partial charge on any atom is -0.354 e. The molecule has 1 atom stereocenters. The topological polar surface area (TPSA) is 49.6 Å². The van der Waals surface area contributed by atoms with Crippen LogP contribution >= 0.6 is 0 Å². The first-order valence-electron chi connectivity index (χ1n) is 10.6. The minimum atomic E-state index is -4.42. The number of imidazole rings is 1. The Kier molecular flexibility index (Phi) is 4.69. The normalized spacial score (nSPS) is 21.6. The largest absolute Gasteiger partial charge is 0.417 e. The summed E-state index contributed by atoms with van der Waals surface area (Å²) < 4.78 is 40.8. The molecule has 6 nitrogen and oxygen atoms in total. The van der Waals surface area contributed by atoms with Crippen LogP contribution in [-0.2, 0) is 6.18 Å². The molecule has 0 spiro atoms. The highest BCUT2D eigenvalue weighted by molar-refractivity contribution is 5.59. The standard InChI is InChI=1S/C22H25F3N6/c1-21(2)11-16(21)13-29-7-9-30(10-8-29)19-5-6-26-20(28-19)17-12-27-18-4-3-15(14-31(17)18)22(23,24)25/h3-6,12,14,16H,7-11,13H2,1-2H3. The maximum Gasteiger partial charge on any atom is 0.417 e. The average molecular weight is 430 g/mol. The molecule has 1 saturated heterocycles. The Hall–Kier alpha value is -2.68. The van der Waals surface area contributed by atoms with Gasteiger partial charge < -0.3 is 4.90 Å². The van der Waals surface area contributed by atoms with Gasteiger partial charge in [-0.1, -0.05) is 13.8 Å². The summed E-state index contributed by atoms with van der Waals surface area (Å²) in [6.45, 7) is 9.51. The van der Waals surface area contributed by atoms with Crippen LogP contribution in [0.3, 0.4) is 0 Å². The van der Waals surface area contributed by atoms with E-state index < -0.39 is 11.7 Å². The number of alkyl halides is 3. The van der Waals surface area contributed by atoms with Crippen molar-refractivity contribution >= 4 is 11.5 Å². The van der Waals surface area contributed by atoms with Gasteiger partial charge in [-0.15, -0.1) is 0 Å². The van der Waals surface area contributed by atoms with Crippen LogP contribution in [0.1, 0.15) is 25.8 Å². The molecule has 5 rings (SSSR count). The second-order valence-corrected chi connectivity index (χ2v) is 9.20. The second-order valence-electron chi connectivity index (χ2n) is 9.20. The van der Waals surface area contributed by atoms with Gasteiger partial charge in [0.15, 0.2) is 5.82 Å². The van der Waals surface area contributed by atoms with Crippen LogP contribution in [0.5, 0.6) is 0 Å². The highest BCUT2D eigenvalue weighted by atomic mass is 19.4. The monoisotopic (exact) mass is 430 g/mol. The first-order chi connectivity index (χ1) is 14.7. The summed E-state index contributed by atoms with van der Waals surface area (Å²) in [5.74, 6) is 1.95. The number of hydrogen-bond acceptors (Lipinski definition) is 5.